The lowest BCUT2D eigenvalue weighted by molar-refractivity contribution is 0.101. The second-order valence-electron chi connectivity index (χ2n) is 7.53. The van der Waals surface area contributed by atoms with Crippen LogP contribution in [-0.4, -0.2) is 57.0 Å². The minimum absolute atomic E-state index is 0.171. The van der Waals surface area contributed by atoms with Gasteiger partial charge in [0.25, 0.3) is 0 Å². The van der Waals surface area contributed by atoms with E-state index in [1.54, 1.807) is 6.92 Å². The summed E-state index contributed by atoms with van der Waals surface area (Å²) in [5.41, 5.74) is 4.46. The highest BCUT2D eigenvalue weighted by molar-refractivity contribution is 5.98. The van der Waals surface area contributed by atoms with Crippen molar-refractivity contribution in [2.45, 2.75) is 45.6 Å². The number of Topliss-reactive ketones (excluding diaryl/α,β-unsaturated/α-hetero) is 1. The Morgan fingerprint density at radius 3 is 2.33 bits per heavy atom. The zero-order valence-electron chi connectivity index (χ0n) is 15.6. The molecule has 1 aliphatic heterocycles. The molecule has 132 valence electrons. The van der Waals surface area contributed by atoms with Crippen LogP contribution < -0.4 is 9.80 Å². The predicted octanol–water partition coefficient (Wildman–Crippen LogP) is 3.33. The van der Waals surface area contributed by atoms with Crippen LogP contribution in [0.15, 0.2) is 12.1 Å². The Bertz CT molecular complexity index is 599. The molecule has 0 amide bonds. The van der Waals surface area contributed by atoms with Gasteiger partial charge < -0.3 is 14.7 Å². The number of ketones is 1. The van der Waals surface area contributed by atoms with E-state index in [2.05, 4.69) is 47.9 Å². The Hall–Kier alpha value is -1.55. The molecule has 0 radical (unpaired) electrons. The molecule has 0 unspecified atom stereocenters. The van der Waals surface area contributed by atoms with Crippen LogP contribution in [0.5, 0.6) is 0 Å². The average Bonchev–Trinajstić information content (AvgIpc) is 3.09. The summed E-state index contributed by atoms with van der Waals surface area (Å²) in [6, 6.07) is 5.03. The molecule has 1 saturated carbocycles. The lowest BCUT2D eigenvalue weighted by atomic mass is 10.00. The number of hydrogen-bond donors (Lipinski definition) is 0. The van der Waals surface area contributed by atoms with Gasteiger partial charge >= 0.3 is 0 Å². The lowest BCUT2D eigenvalue weighted by Gasteiger charge is -2.36. The molecule has 2 aliphatic rings. The average molecular weight is 329 g/mol. The molecule has 0 aromatic heterocycles. The maximum Gasteiger partial charge on any atom is 0.160 e. The Morgan fingerprint density at radius 1 is 1.12 bits per heavy atom. The van der Waals surface area contributed by atoms with E-state index in [0.29, 0.717) is 6.04 Å². The second kappa shape index (κ2) is 7.14. The fourth-order valence-electron chi connectivity index (χ4n) is 4.15. The van der Waals surface area contributed by atoms with E-state index in [4.69, 9.17) is 0 Å². The quantitative estimate of drug-likeness (QED) is 0.792. The third kappa shape index (κ3) is 3.44. The molecule has 3 rings (SSSR count). The van der Waals surface area contributed by atoms with Crippen molar-refractivity contribution in [3.8, 4) is 0 Å². The highest BCUT2D eigenvalue weighted by Gasteiger charge is 2.24. The van der Waals surface area contributed by atoms with E-state index in [-0.39, 0.29) is 5.78 Å². The summed E-state index contributed by atoms with van der Waals surface area (Å²) in [7, 11) is 4.38. The van der Waals surface area contributed by atoms with Crippen molar-refractivity contribution in [2.75, 3.05) is 50.1 Å². The lowest BCUT2D eigenvalue weighted by Crippen LogP contribution is -2.44. The summed E-state index contributed by atoms with van der Waals surface area (Å²) in [5, 5.41) is 0. The first-order chi connectivity index (χ1) is 11.5. The van der Waals surface area contributed by atoms with Gasteiger partial charge in [0, 0.05) is 56.2 Å². The molecule has 1 aromatic rings. The van der Waals surface area contributed by atoms with Crippen molar-refractivity contribution in [2.24, 2.45) is 0 Å². The fourth-order valence-corrected chi connectivity index (χ4v) is 4.15. The minimum Gasteiger partial charge on any atom is -0.371 e. The van der Waals surface area contributed by atoms with Crippen LogP contribution >= 0.6 is 0 Å². The van der Waals surface area contributed by atoms with Gasteiger partial charge in [-0.2, -0.15) is 0 Å². The van der Waals surface area contributed by atoms with Crippen LogP contribution in [0.2, 0.25) is 0 Å². The highest BCUT2D eigenvalue weighted by atomic mass is 16.1. The van der Waals surface area contributed by atoms with Crippen molar-refractivity contribution in [1.29, 1.82) is 0 Å². The number of rotatable bonds is 4. The number of nitrogens with zero attached hydrogens (tertiary/aromatic N) is 3. The molecule has 1 heterocycles. The standard InChI is InChI=1S/C20H31N3O/c1-15-19(16(2)24)13-18(23-11-9-21(3)10-12-23)14-20(15)22(4)17-7-5-6-8-17/h13-14,17H,5-12H2,1-4H3. The Labute approximate surface area is 146 Å². The van der Waals surface area contributed by atoms with E-state index in [1.165, 1.54) is 37.1 Å². The maximum absolute atomic E-state index is 12.2. The SMILES string of the molecule is CC(=O)c1cc(N2CCN(C)CC2)cc(N(C)C2CCCC2)c1C. The van der Waals surface area contributed by atoms with Gasteiger partial charge in [-0.3, -0.25) is 4.79 Å². The smallest absolute Gasteiger partial charge is 0.160 e. The Balaban J connectivity index is 1.95. The third-order valence-corrected chi connectivity index (χ3v) is 5.87. The van der Waals surface area contributed by atoms with E-state index in [0.717, 1.165) is 37.3 Å². The van der Waals surface area contributed by atoms with Crippen LogP contribution in [-0.2, 0) is 0 Å². The molecular formula is C20H31N3O. The van der Waals surface area contributed by atoms with Gasteiger partial charge in [-0.15, -0.1) is 0 Å². The summed E-state index contributed by atoms with van der Waals surface area (Å²) in [5.74, 6) is 0.171. The predicted molar refractivity (Wildman–Crippen MR) is 102 cm³/mol. The molecular weight excluding hydrogens is 298 g/mol. The van der Waals surface area contributed by atoms with Crippen molar-refractivity contribution < 1.29 is 4.79 Å². The number of anilines is 2. The van der Waals surface area contributed by atoms with Crippen molar-refractivity contribution >= 4 is 17.2 Å². The summed E-state index contributed by atoms with van der Waals surface area (Å²) >= 11 is 0. The summed E-state index contributed by atoms with van der Waals surface area (Å²) in [4.78, 5) is 19.4. The van der Waals surface area contributed by atoms with Gasteiger partial charge in [0.15, 0.2) is 5.78 Å². The maximum atomic E-state index is 12.2. The van der Waals surface area contributed by atoms with Crippen LogP contribution in [0.4, 0.5) is 11.4 Å². The first-order valence-corrected chi connectivity index (χ1v) is 9.29. The van der Waals surface area contributed by atoms with E-state index in [9.17, 15) is 4.79 Å². The number of likely N-dealkylation sites (N-methyl/N-ethyl adjacent to an activating group) is 1. The van der Waals surface area contributed by atoms with Crippen molar-refractivity contribution in [3.63, 3.8) is 0 Å². The first-order valence-electron chi connectivity index (χ1n) is 9.29. The molecule has 4 nitrogen and oxygen atoms in total. The van der Waals surface area contributed by atoms with Crippen molar-refractivity contribution in [3.05, 3.63) is 23.3 Å². The van der Waals surface area contributed by atoms with Crippen LogP contribution in [0, 0.1) is 6.92 Å². The van der Waals surface area contributed by atoms with E-state index < -0.39 is 0 Å². The minimum atomic E-state index is 0.171. The van der Waals surface area contributed by atoms with Gasteiger partial charge in [0.1, 0.15) is 0 Å². The molecule has 1 aliphatic carbocycles. The number of benzene rings is 1. The highest BCUT2D eigenvalue weighted by Crippen LogP contribution is 2.34. The normalized spacial score (nSPS) is 19.8. The second-order valence-corrected chi connectivity index (χ2v) is 7.53. The molecule has 0 N–H and O–H groups in total. The van der Waals surface area contributed by atoms with Crippen LogP contribution in [0.25, 0.3) is 0 Å². The topological polar surface area (TPSA) is 26.8 Å². The van der Waals surface area contributed by atoms with Gasteiger partial charge in [-0.1, -0.05) is 12.8 Å². The molecule has 24 heavy (non-hydrogen) atoms. The van der Waals surface area contributed by atoms with Gasteiger partial charge in [0.2, 0.25) is 0 Å². The Morgan fingerprint density at radius 2 is 1.75 bits per heavy atom. The largest absolute Gasteiger partial charge is 0.371 e. The zero-order valence-corrected chi connectivity index (χ0v) is 15.6. The van der Waals surface area contributed by atoms with Crippen molar-refractivity contribution in [1.82, 2.24) is 4.90 Å². The molecule has 0 bridgehead atoms. The van der Waals surface area contributed by atoms with E-state index >= 15 is 0 Å². The molecule has 1 aromatic carbocycles. The summed E-state index contributed by atoms with van der Waals surface area (Å²) in [6.45, 7) is 8.02. The molecule has 4 heteroatoms. The molecule has 1 saturated heterocycles. The summed E-state index contributed by atoms with van der Waals surface area (Å²) < 4.78 is 0. The number of hydrogen-bond acceptors (Lipinski definition) is 4. The summed E-state index contributed by atoms with van der Waals surface area (Å²) in [6.07, 6.45) is 5.19. The number of piperazine rings is 1. The molecule has 0 atom stereocenters. The molecule has 0 spiro atoms. The van der Waals surface area contributed by atoms with Gasteiger partial charge in [-0.05, 0) is 51.4 Å². The van der Waals surface area contributed by atoms with Gasteiger partial charge in [0.05, 0.1) is 0 Å². The van der Waals surface area contributed by atoms with Gasteiger partial charge in [-0.25, -0.2) is 0 Å². The zero-order chi connectivity index (χ0) is 17.3. The molecule has 2 fully saturated rings. The van der Waals surface area contributed by atoms with E-state index in [1.807, 2.05) is 0 Å². The fraction of sp³-hybridized carbons (Fsp3) is 0.650. The third-order valence-electron chi connectivity index (χ3n) is 5.87. The Kier molecular flexibility index (Phi) is 5.14. The monoisotopic (exact) mass is 329 g/mol. The van der Waals surface area contributed by atoms with Crippen LogP contribution in [0.3, 0.4) is 0 Å². The number of carbonyl (C=O) groups is 1. The van der Waals surface area contributed by atoms with Crippen LogP contribution in [0.1, 0.15) is 48.5 Å². The first kappa shape index (κ1) is 17.3. The number of carbonyl (C=O) groups excluding carboxylic acids is 1.